The summed E-state index contributed by atoms with van der Waals surface area (Å²) in [6, 6.07) is 7.09. The van der Waals surface area contributed by atoms with E-state index in [1.54, 1.807) is 35.6 Å². The maximum atomic E-state index is 13.3. The average Bonchev–Trinajstić information content (AvgIpc) is 3.28. The molecule has 0 saturated carbocycles. The molecular weight excluding hydrogens is 347 g/mol. The first-order chi connectivity index (χ1) is 13.1. The Morgan fingerprint density at radius 1 is 1.33 bits per heavy atom. The van der Waals surface area contributed by atoms with Gasteiger partial charge in [-0.05, 0) is 30.7 Å². The predicted octanol–water partition coefficient (Wildman–Crippen LogP) is 0.687. The molecule has 2 aliphatic rings. The van der Waals surface area contributed by atoms with Crippen molar-refractivity contribution in [1.82, 2.24) is 15.3 Å². The Morgan fingerprint density at radius 2 is 2.22 bits per heavy atom. The summed E-state index contributed by atoms with van der Waals surface area (Å²) < 4.78 is 13.3. The number of amides is 2. The Bertz CT molecular complexity index is 883. The van der Waals surface area contributed by atoms with Gasteiger partial charge in [-0.2, -0.15) is 0 Å². The summed E-state index contributed by atoms with van der Waals surface area (Å²) in [7, 11) is 0. The summed E-state index contributed by atoms with van der Waals surface area (Å²) in [5.74, 6) is 0.747. The van der Waals surface area contributed by atoms with E-state index in [4.69, 9.17) is 5.41 Å². The van der Waals surface area contributed by atoms with Gasteiger partial charge in [-0.25, -0.2) is 14.2 Å². The number of aromatic nitrogens is 2. The second-order valence-corrected chi connectivity index (χ2v) is 6.59. The molecule has 138 valence electrons. The zero-order chi connectivity index (χ0) is 18.8. The fraction of sp³-hybridized carbons (Fsp3) is 0.263. The Morgan fingerprint density at radius 3 is 2.89 bits per heavy atom. The van der Waals surface area contributed by atoms with Crippen LogP contribution in [0.5, 0.6) is 0 Å². The van der Waals surface area contributed by atoms with Crippen molar-refractivity contribution >= 4 is 23.2 Å². The molecule has 2 aliphatic heterocycles. The zero-order valence-corrected chi connectivity index (χ0v) is 14.7. The molecule has 0 radical (unpaired) electrons. The van der Waals surface area contributed by atoms with Gasteiger partial charge in [-0.3, -0.25) is 15.3 Å². The van der Waals surface area contributed by atoms with Crippen LogP contribution in [0.2, 0.25) is 0 Å². The Kier molecular flexibility index (Phi) is 4.53. The largest absolute Gasteiger partial charge is 0.354 e. The Balaban J connectivity index is 1.45. The number of hydrogen-bond acceptors (Lipinski definition) is 4. The van der Waals surface area contributed by atoms with Gasteiger partial charge in [0.25, 0.3) is 0 Å². The molecule has 1 atom stereocenters. The molecule has 2 aromatic rings. The summed E-state index contributed by atoms with van der Waals surface area (Å²) in [6.07, 6.45) is 6.45. The maximum absolute atomic E-state index is 13.3. The van der Waals surface area contributed by atoms with Gasteiger partial charge in [0.15, 0.2) is 0 Å². The van der Waals surface area contributed by atoms with Gasteiger partial charge in [0.2, 0.25) is 5.71 Å². The minimum atomic E-state index is -0.790. The standard InChI is InChI=1S/C19H19FN6O/c20-14-5-7-25(11-14)18-4-3-13(9-23-18)17(21)8-15-12-26(19(27)24-15)16-2-1-6-22-10-16/h1-4,6,8-10,14,21H,5,7,11-12H2,(H,24,27)/p+1/b15-8-,21-17?/t14-/m0/s1. The molecule has 2 fully saturated rings. The normalized spacial score (nSPS) is 21.0. The van der Waals surface area contributed by atoms with Crippen molar-refractivity contribution in [3.8, 4) is 0 Å². The second kappa shape index (κ2) is 7.14. The van der Waals surface area contributed by atoms with E-state index in [-0.39, 0.29) is 6.03 Å². The first kappa shape index (κ1) is 17.1. The molecule has 0 unspecified atom stereocenters. The van der Waals surface area contributed by atoms with E-state index in [1.807, 2.05) is 23.1 Å². The molecule has 4 heterocycles. The molecule has 7 nitrogen and oxygen atoms in total. The number of carbonyl (C=O) groups is 1. The fourth-order valence-electron chi connectivity index (χ4n) is 3.23. The van der Waals surface area contributed by atoms with Crippen LogP contribution < -0.4 is 20.5 Å². The quantitative estimate of drug-likeness (QED) is 0.779. The molecule has 3 N–H and O–H groups in total. The molecule has 0 bridgehead atoms. The first-order valence-electron chi connectivity index (χ1n) is 8.77. The molecule has 27 heavy (non-hydrogen) atoms. The summed E-state index contributed by atoms with van der Waals surface area (Å²) in [6.45, 7) is 1.45. The number of rotatable bonds is 4. The number of nitrogens with one attached hydrogen (secondary N) is 1. The number of nitrogens with zero attached hydrogens (tertiary/aromatic N) is 4. The van der Waals surface area contributed by atoms with Crippen LogP contribution in [0.1, 0.15) is 12.0 Å². The minimum Gasteiger partial charge on any atom is -0.354 e. The summed E-state index contributed by atoms with van der Waals surface area (Å²) in [5.41, 5.74) is 2.67. The topological polar surface area (TPSA) is 86.9 Å². The van der Waals surface area contributed by atoms with Crippen LogP contribution in [-0.4, -0.2) is 47.5 Å². The second-order valence-electron chi connectivity index (χ2n) is 6.59. The van der Waals surface area contributed by atoms with E-state index < -0.39 is 6.17 Å². The molecule has 8 heteroatoms. The maximum Gasteiger partial charge on any atom is 0.326 e. The molecule has 2 aromatic heterocycles. The highest BCUT2D eigenvalue weighted by atomic mass is 19.1. The van der Waals surface area contributed by atoms with Crippen LogP contribution in [0.4, 0.5) is 20.7 Å². The van der Waals surface area contributed by atoms with Crippen molar-refractivity contribution in [2.24, 2.45) is 0 Å². The van der Waals surface area contributed by atoms with E-state index in [0.717, 1.165) is 17.1 Å². The van der Waals surface area contributed by atoms with Gasteiger partial charge in [0, 0.05) is 30.7 Å². The molecule has 2 saturated heterocycles. The smallest absolute Gasteiger partial charge is 0.326 e. The van der Waals surface area contributed by atoms with Gasteiger partial charge < -0.3 is 10.2 Å². The lowest BCUT2D eigenvalue weighted by atomic mass is 10.1. The highest BCUT2D eigenvalue weighted by Crippen LogP contribution is 2.21. The molecule has 0 aliphatic carbocycles. The number of alkyl halides is 1. The van der Waals surface area contributed by atoms with E-state index in [9.17, 15) is 9.18 Å². The number of hydrogen-bond donors (Lipinski definition) is 2. The van der Waals surface area contributed by atoms with Crippen molar-refractivity contribution in [3.05, 3.63) is 60.2 Å². The van der Waals surface area contributed by atoms with Crippen molar-refractivity contribution in [1.29, 1.82) is 0 Å². The van der Waals surface area contributed by atoms with Crippen LogP contribution >= 0.6 is 0 Å². The van der Waals surface area contributed by atoms with Crippen LogP contribution in [0.3, 0.4) is 0 Å². The minimum absolute atomic E-state index is 0.217. The van der Waals surface area contributed by atoms with Crippen LogP contribution in [0, 0.1) is 0 Å². The van der Waals surface area contributed by atoms with Gasteiger partial charge in [0.1, 0.15) is 12.0 Å². The highest BCUT2D eigenvalue weighted by molar-refractivity contribution is 6.06. The first-order valence-corrected chi connectivity index (χ1v) is 8.77. The molecule has 4 rings (SSSR count). The summed E-state index contributed by atoms with van der Waals surface area (Å²) in [4.78, 5) is 24.1. The van der Waals surface area contributed by atoms with Crippen LogP contribution in [-0.2, 0) is 0 Å². The highest BCUT2D eigenvalue weighted by Gasteiger charge is 2.27. The number of pyridine rings is 2. The summed E-state index contributed by atoms with van der Waals surface area (Å²) >= 11 is 0. The van der Waals surface area contributed by atoms with E-state index in [2.05, 4.69) is 15.3 Å². The molecule has 0 aromatic carbocycles. The van der Waals surface area contributed by atoms with Crippen LogP contribution in [0.15, 0.2) is 54.6 Å². The molecule has 2 amide bonds. The number of carbonyl (C=O) groups excluding carboxylic acids is 1. The van der Waals surface area contributed by atoms with Gasteiger partial charge in [-0.15, -0.1) is 0 Å². The lowest BCUT2D eigenvalue weighted by Gasteiger charge is -2.15. The Hall–Kier alpha value is -3.29. The third kappa shape index (κ3) is 3.64. The Labute approximate surface area is 156 Å². The van der Waals surface area contributed by atoms with Gasteiger partial charge in [0.05, 0.1) is 30.5 Å². The monoisotopic (exact) mass is 367 g/mol. The number of urea groups is 1. The number of halogens is 1. The third-order valence-corrected chi connectivity index (χ3v) is 4.66. The van der Waals surface area contributed by atoms with Gasteiger partial charge >= 0.3 is 6.03 Å². The predicted molar refractivity (Wildman–Crippen MR) is 100 cm³/mol. The van der Waals surface area contributed by atoms with Crippen molar-refractivity contribution in [2.75, 3.05) is 29.4 Å². The van der Waals surface area contributed by atoms with Crippen molar-refractivity contribution in [3.63, 3.8) is 0 Å². The van der Waals surface area contributed by atoms with E-state index in [1.165, 1.54) is 0 Å². The summed E-state index contributed by atoms with van der Waals surface area (Å²) in [5, 5.41) is 8.99. The number of allylic oxidation sites excluding steroid dienone is 1. The van der Waals surface area contributed by atoms with Gasteiger partial charge in [-0.1, -0.05) is 0 Å². The van der Waals surface area contributed by atoms with Crippen molar-refractivity contribution < 1.29 is 14.6 Å². The molecular formula is C19H20FN6O+. The van der Waals surface area contributed by atoms with Crippen LogP contribution in [0.25, 0.3) is 0 Å². The molecule has 0 spiro atoms. The fourth-order valence-corrected chi connectivity index (χ4v) is 3.23. The van der Waals surface area contributed by atoms with E-state index in [0.29, 0.717) is 37.5 Å². The van der Waals surface area contributed by atoms with E-state index >= 15 is 0 Å². The third-order valence-electron chi connectivity index (χ3n) is 4.66. The average molecular weight is 367 g/mol. The zero-order valence-electron chi connectivity index (χ0n) is 14.7. The lowest BCUT2D eigenvalue weighted by molar-refractivity contribution is -0.111. The number of anilines is 2. The lowest BCUT2D eigenvalue weighted by Crippen LogP contribution is -2.39. The number of nitrogens with two attached hydrogens (primary N) is 1. The SMILES string of the molecule is [NH2+]=C(/C=C1/CN(c2cccnc2)C(=O)N1)c1ccc(N2CC[C@H](F)C2)nc1. The van der Waals surface area contributed by atoms with Crippen molar-refractivity contribution in [2.45, 2.75) is 12.6 Å².